The molecule has 7 heteroatoms. The highest BCUT2D eigenvalue weighted by Gasteiger charge is 2.49. The second-order valence-electron chi connectivity index (χ2n) is 8.61. The van der Waals surface area contributed by atoms with E-state index in [0.29, 0.717) is 28.9 Å². The number of benzene rings is 1. The van der Waals surface area contributed by atoms with Crippen LogP contribution in [0, 0.1) is 5.92 Å². The largest absolute Gasteiger partial charge is 0.507 e. The lowest BCUT2D eigenvalue weighted by Crippen LogP contribution is -2.53. The molecule has 5 rings (SSSR count). The predicted octanol–water partition coefficient (Wildman–Crippen LogP) is 3.92. The third-order valence-electron chi connectivity index (χ3n) is 6.48. The molecule has 0 radical (unpaired) electrons. The zero-order valence-corrected chi connectivity index (χ0v) is 16.8. The molecule has 4 atom stereocenters. The Balaban J connectivity index is 1.38. The van der Waals surface area contributed by atoms with E-state index in [1.165, 1.54) is 0 Å². The van der Waals surface area contributed by atoms with Crippen molar-refractivity contribution in [3.05, 3.63) is 61.3 Å². The minimum absolute atomic E-state index is 0.0307. The number of halogens is 1. The molecule has 1 unspecified atom stereocenters. The molecule has 4 heterocycles. The summed E-state index contributed by atoms with van der Waals surface area (Å²) >= 11 is 0. The molecular weight excluding hydrogens is 381 g/mol. The predicted molar refractivity (Wildman–Crippen MR) is 113 cm³/mol. The van der Waals surface area contributed by atoms with E-state index in [2.05, 4.69) is 34.0 Å². The molecule has 6 nitrogen and oxygen atoms in total. The lowest BCUT2D eigenvalue weighted by atomic mass is 9.78. The number of imidazole rings is 1. The molecule has 2 bridgehead atoms. The summed E-state index contributed by atoms with van der Waals surface area (Å²) in [6, 6.07) is 8.84. The van der Waals surface area contributed by atoms with Gasteiger partial charge in [0.2, 0.25) is 0 Å². The van der Waals surface area contributed by atoms with Gasteiger partial charge in [-0.3, -0.25) is 0 Å². The molecule has 0 amide bonds. The Bertz CT molecular complexity index is 1080. The van der Waals surface area contributed by atoms with Crippen LogP contribution in [0.25, 0.3) is 22.5 Å². The van der Waals surface area contributed by atoms with Gasteiger partial charge in [-0.25, -0.2) is 9.37 Å². The van der Waals surface area contributed by atoms with E-state index in [1.807, 2.05) is 16.7 Å². The van der Waals surface area contributed by atoms with Gasteiger partial charge in [0.15, 0.2) is 0 Å². The smallest absolute Gasteiger partial charge is 0.127 e. The van der Waals surface area contributed by atoms with E-state index >= 15 is 0 Å². The van der Waals surface area contributed by atoms with Crippen LogP contribution in [0.3, 0.4) is 0 Å². The topological polar surface area (TPSA) is 75.9 Å². The van der Waals surface area contributed by atoms with Crippen molar-refractivity contribution in [1.29, 1.82) is 0 Å². The van der Waals surface area contributed by atoms with E-state index in [1.54, 1.807) is 36.9 Å². The summed E-state index contributed by atoms with van der Waals surface area (Å²) in [7, 11) is 0. The van der Waals surface area contributed by atoms with Crippen molar-refractivity contribution in [3.8, 4) is 22.7 Å². The van der Waals surface area contributed by atoms with Gasteiger partial charge in [0.05, 0.1) is 23.4 Å². The van der Waals surface area contributed by atoms with Crippen LogP contribution in [-0.2, 0) is 0 Å². The van der Waals surface area contributed by atoms with Gasteiger partial charge < -0.3 is 15.0 Å². The molecule has 2 aliphatic heterocycles. The molecule has 2 aromatic heterocycles. The number of fused-ring (bicyclic) bond motifs is 2. The highest BCUT2D eigenvalue weighted by Crippen LogP contribution is 2.44. The van der Waals surface area contributed by atoms with Crippen LogP contribution in [0.4, 0.5) is 4.39 Å². The summed E-state index contributed by atoms with van der Waals surface area (Å²) in [6.45, 7) is 6.32. The van der Waals surface area contributed by atoms with Gasteiger partial charge in [0.1, 0.15) is 11.9 Å². The summed E-state index contributed by atoms with van der Waals surface area (Å²) in [4.78, 5) is 4.02. The van der Waals surface area contributed by atoms with Gasteiger partial charge in [0.25, 0.3) is 0 Å². The van der Waals surface area contributed by atoms with Gasteiger partial charge in [0, 0.05) is 41.5 Å². The normalized spacial score (nSPS) is 27.9. The summed E-state index contributed by atoms with van der Waals surface area (Å²) in [5.74, 6) is -0.152. The first-order valence-electron chi connectivity index (χ1n) is 10.2. The SMILES string of the molecule is C=C(c1ccc(-c2ccc(-n3ccnc3)cc2O)nn1)[C@H]1C[C@]2(C)CCC(N2)[C@@H]1F. The Hall–Kier alpha value is -3.06. The summed E-state index contributed by atoms with van der Waals surface area (Å²) < 4.78 is 16.8. The molecule has 2 fully saturated rings. The van der Waals surface area contributed by atoms with Crippen molar-refractivity contribution in [3.63, 3.8) is 0 Å². The fraction of sp³-hybridized carbons (Fsp3) is 0.348. The Kier molecular flexibility index (Phi) is 4.43. The van der Waals surface area contributed by atoms with Crippen LogP contribution in [0.2, 0.25) is 0 Å². The highest BCUT2D eigenvalue weighted by atomic mass is 19.1. The van der Waals surface area contributed by atoms with Crippen molar-refractivity contribution >= 4 is 5.57 Å². The van der Waals surface area contributed by atoms with Gasteiger partial charge in [-0.1, -0.05) is 6.58 Å². The van der Waals surface area contributed by atoms with E-state index in [4.69, 9.17) is 0 Å². The van der Waals surface area contributed by atoms with Crippen LogP contribution >= 0.6 is 0 Å². The number of aromatic nitrogens is 4. The number of alkyl halides is 1. The lowest BCUT2D eigenvalue weighted by molar-refractivity contribution is 0.135. The quantitative estimate of drug-likeness (QED) is 0.688. The third-order valence-corrected chi connectivity index (χ3v) is 6.48. The molecule has 0 spiro atoms. The van der Waals surface area contributed by atoms with Gasteiger partial charge in [-0.15, -0.1) is 5.10 Å². The second-order valence-corrected chi connectivity index (χ2v) is 8.61. The van der Waals surface area contributed by atoms with Crippen LogP contribution in [0.1, 0.15) is 31.9 Å². The number of nitrogens with one attached hydrogen (secondary N) is 1. The number of nitrogens with zero attached hydrogens (tertiary/aromatic N) is 4. The highest BCUT2D eigenvalue weighted by molar-refractivity contribution is 5.70. The van der Waals surface area contributed by atoms with Crippen molar-refractivity contribution in [1.82, 2.24) is 25.1 Å². The lowest BCUT2D eigenvalue weighted by Gasteiger charge is -2.39. The van der Waals surface area contributed by atoms with Crippen LogP contribution < -0.4 is 5.32 Å². The molecular formula is C23H24FN5O. The van der Waals surface area contributed by atoms with Crippen LogP contribution in [-0.4, -0.2) is 42.6 Å². The average molecular weight is 405 g/mol. The average Bonchev–Trinajstić information content (AvgIpc) is 3.39. The minimum atomic E-state index is -0.964. The first-order chi connectivity index (χ1) is 14.4. The van der Waals surface area contributed by atoms with Crippen molar-refractivity contribution in [2.45, 2.75) is 43.9 Å². The number of hydrogen-bond acceptors (Lipinski definition) is 5. The number of phenolic OH excluding ortho intramolecular Hbond substituents is 1. The van der Waals surface area contributed by atoms with Gasteiger partial charge in [-0.2, -0.15) is 5.10 Å². The van der Waals surface area contributed by atoms with E-state index < -0.39 is 6.17 Å². The number of piperidine rings is 1. The summed E-state index contributed by atoms with van der Waals surface area (Å²) in [5.41, 5.74) is 3.20. The molecule has 30 heavy (non-hydrogen) atoms. The van der Waals surface area contributed by atoms with E-state index in [-0.39, 0.29) is 23.2 Å². The maximum Gasteiger partial charge on any atom is 0.127 e. The Labute approximate surface area is 174 Å². The number of phenols is 1. The molecule has 2 saturated heterocycles. The van der Waals surface area contributed by atoms with Crippen molar-refractivity contribution < 1.29 is 9.50 Å². The monoisotopic (exact) mass is 405 g/mol. The van der Waals surface area contributed by atoms with E-state index in [9.17, 15) is 9.50 Å². The Morgan fingerprint density at radius 3 is 2.87 bits per heavy atom. The van der Waals surface area contributed by atoms with Gasteiger partial charge >= 0.3 is 0 Å². The van der Waals surface area contributed by atoms with Crippen LogP contribution in [0.5, 0.6) is 5.75 Å². The number of aromatic hydroxyl groups is 1. The summed E-state index contributed by atoms with van der Waals surface area (Å²) in [6.07, 6.45) is 6.75. The maximum atomic E-state index is 15.0. The molecule has 0 aliphatic carbocycles. The first kappa shape index (κ1) is 18.9. The first-order valence-corrected chi connectivity index (χ1v) is 10.2. The standard InChI is InChI=1S/C23H24FN5O/c1-14(17-12-23(2)8-7-20(26-23)22(17)24)18-5-6-19(28-27-18)16-4-3-15(11-21(16)30)29-10-9-25-13-29/h3-6,9-11,13,17,20,22,26,30H,1,7-8,12H2,2H3/t17-,20?,22-,23+/m1/s1. The fourth-order valence-corrected chi connectivity index (χ4v) is 4.81. The molecule has 2 N–H and O–H groups in total. The molecule has 3 aromatic rings. The van der Waals surface area contributed by atoms with Gasteiger partial charge in [-0.05, 0) is 56.0 Å². The second kappa shape index (κ2) is 7.02. The van der Waals surface area contributed by atoms with Crippen LogP contribution in [0.15, 0.2) is 55.6 Å². The number of hydrogen-bond donors (Lipinski definition) is 2. The number of rotatable bonds is 4. The Morgan fingerprint density at radius 2 is 2.17 bits per heavy atom. The molecule has 2 aliphatic rings. The zero-order chi connectivity index (χ0) is 20.9. The third kappa shape index (κ3) is 3.19. The Morgan fingerprint density at radius 1 is 1.30 bits per heavy atom. The molecule has 0 saturated carbocycles. The summed E-state index contributed by atoms with van der Waals surface area (Å²) in [5, 5.41) is 22.5. The minimum Gasteiger partial charge on any atom is -0.507 e. The van der Waals surface area contributed by atoms with E-state index in [0.717, 1.165) is 18.5 Å². The zero-order valence-electron chi connectivity index (χ0n) is 16.8. The maximum absolute atomic E-state index is 15.0. The molecule has 1 aromatic carbocycles. The van der Waals surface area contributed by atoms with Crippen molar-refractivity contribution in [2.24, 2.45) is 5.92 Å². The molecule has 154 valence electrons. The fourth-order valence-electron chi connectivity index (χ4n) is 4.81. The number of allylic oxidation sites excluding steroid dienone is 1. The van der Waals surface area contributed by atoms with Crippen molar-refractivity contribution in [2.75, 3.05) is 0 Å².